The summed E-state index contributed by atoms with van der Waals surface area (Å²) in [5.41, 5.74) is 2.37. The second kappa shape index (κ2) is 9.44. The second-order valence-corrected chi connectivity index (χ2v) is 6.64. The number of thioether (sulfide) groups is 1. The van der Waals surface area contributed by atoms with E-state index in [1.807, 2.05) is 12.1 Å². The predicted octanol–water partition coefficient (Wildman–Crippen LogP) is 2.38. The van der Waals surface area contributed by atoms with Gasteiger partial charge in [-0.2, -0.15) is 4.98 Å². The Morgan fingerprint density at radius 2 is 2.17 bits per heavy atom. The Labute approximate surface area is 147 Å². The number of aryl methyl sites for hydroxylation is 1. The number of nitrogens with zero attached hydrogens (tertiary/aromatic N) is 3. The number of carbonyl (C=O) groups excluding carboxylic acids is 1. The molecular weight excluding hydrogens is 324 g/mol. The third-order valence-corrected chi connectivity index (χ3v) is 4.44. The number of hydrogen-bond acceptors (Lipinski definition) is 6. The number of hydrogen-bond donors (Lipinski definition) is 1. The molecular formula is C17H24N4O2S. The van der Waals surface area contributed by atoms with Gasteiger partial charge in [-0.15, -0.1) is 11.8 Å². The van der Waals surface area contributed by atoms with Crippen molar-refractivity contribution in [3.8, 4) is 0 Å². The van der Waals surface area contributed by atoms with E-state index < -0.39 is 0 Å². The van der Waals surface area contributed by atoms with Crippen LogP contribution in [0.2, 0.25) is 0 Å². The van der Waals surface area contributed by atoms with Gasteiger partial charge in [0.05, 0.1) is 11.5 Å². The maximum Gasteiger partial charge on any atom is 0.230 e. The smallest absolute Gasteiger partial charge is 0.230 e. The van der Waals surface area contributed by atoms with Crippen molar-refractivity contribution in [1.29, 1.82) is 0 Å². The number of amides is 1. The topological polar surface area (TPSA) is 71.3 Å². The van der Waals surface area contributed by atoms with Crippen molar-refractivity contribution in [1.82, 2.24) is 20.4 Å². The highest BCUT2D eigenvalue weighted by molar-refractivity contribution is 7.99. The van der Waals surface area contributed by atoms with Gasteiger partial charge < -0.3 is 14.7 Å². The summed E-state index contributed by atoms with van der Waals surface area (Å²) in [4.78, 5) is 18.3. The van der Waals surface area contributed by atoms with Crippen molar-refractivity contribution in [3.05, 3.63) is 47.1 Å². The molecule has 1 aromatic heterocycles. The zero-order valence-corrected chi connectivity index (χ0v) is 15.2. The lowest BCUT2D eigenvalue weighted by Gasteiger charge is -2.14. The Bertz CT molecular complexity index is 660. The fourth-order valence-corrected chi connectivity index (χ4v) is 2.84. The maximum absolute atomic E-state index is 11.9. The average Bonchev–Trinajstić information content (AvgIpc) is 2.98. The molecule has 0 saturated carbocycles. The molecule has 6 nitrogen and oxygen atoms in total. The van der Waals surface area contributed by atoms with Crippen molar-refractivity contribution < 1.29 is 9.32 Å². The van der Waals surface area contributed by atoms with Crippen LogP contribution in [0.1, 0.15) is 29.8 Å². The highest BCUT2D eigenvalue weighted by Gasteiger charge is 2.06. The molecule has 1 N–H and O–H groups in total. The van der Waals surface area contributed by atoms with Gasteiger partial charge in [0.1, 0.15) is 0 Å². The third kappa shape index (κ3) is 6.33. The van der Waals surface area contributed by atoms with E-state index in [2.05, 4.69) is 46.5 Å². The quantitative estimate of drug-likeness (QED) is 0.750. The molecule has 0 atom stereocenters. The zero-order valence-electron chi connectivity index (χ0n) is 14.4. The van der Waals surface area contributed by atoms with Gasteiger partial charge in [-0.25, -0.2) is 0 Å². The number of carbonyl (C=O) groups is 1. The van der Waals surface area contributed by atoms with Crippen LogP contribution in [0.5, 0.6) is 0 Å². The van der Waals surface area contributed by atoms with Gasteiger partial charge in [-0.05, 0) is 24.7 Å². The summed E-state index contributed by atoms with van der Waals surface area (Å²) in [6, 6.07) is 8.32. The number of nitrogens with one attached hydrogen (secondary N) is 1. The fraction of sp³-hybridized carbons (Fsp3) is 0.471. The van der Waals surface area contributed by atoms with Gasteiger partial charge in [-0.1, -0.05) is 36.3 Å². The summed E-state index contributed by atoms with van der Waals surface area (Å²) in [5, 5.41) is 6.75. The van der Waals surface area contributed by atoms with Gasteiger partial charge in [-0.3, -0.25) is 4.79 Å². The van der Waals surface area contributed by atoms with Crippen LogP contribution < -0.4 is 5.32 Å². The molecule has 0 aliphatic rings. The van der Waals surface area contributed by atoms with Crippen molar-refractivity contribution in [2.75, 3.05) is 19.3 Å². The van der Waals surface area contributed by atoms with Gasteiger partial charge in [0, 0.05) is 20.0 Å². The minimum absolute atomic E-state index is 0.0105. The molecule has 0 aliphatic heterocycles. The molecule has 1 amide bonds. The lowest BCUT2D eigenvalue weighted by molar-refractivity contribution is -0.118. The van der Waals surface area contributed by atoms with Crippen molar-refractivity contribution in [2.45, 2.75) is 32.7 Å². The lowest BCUT2D eigenvalue weighted by atomic mass is 10.1. The highest BCUT2D eigenvalue weighted by atomic mass is 32.2. The molecule has 130 valence electrons. The monoisotopic (exact) mass is 348 g/mol. The first-order chi connectivity index (χ1) is 11.6. The fourth-order valence-electron chi connectivity index (χ4n) is 2.15. The SMILES string of the molecule is CCN(C)Cc1cccc(CNC(=O)CSCc2noc(C)n2)c1. The van der Waals surface area contributed by atoms with E-state index in [9.17, 15) is 4.79 Å². The molecule has 2 aromatic rings. The summed E-state index contributed by atoms with van der Waals surface area (Å²) in [5.74, 6) is 2.13. The van der Waals surface area contributed by atoms with E-state index in [-0.39, 0.29) is 5.91 Å². The molecule has 0 saturated heterocycles. The number of rotatable bonds is 9. The first-order valence-electron chi connectivity index (χ1n) is 7.96. The van der Waals surface area contributed by atoms with E-state index in [1.54, 1.807) is 6.92 Å². The van der Waals surface area contributed by atoms with Crippen LogP contribution in [0, 0.1) is 6.92 Å². The molecule has 0 bridgehead atoms. The molecule has 2 rings (SSSR count). The first kappa shape index (κ1) is 18.5. The van der Waals surface area contributed by atoms with E-state index in [4.69, 9.17) is 4.52 Å². The molecule has 24 heavy (non-hydrogen) atoms. The summed E-state index contributed by atoms with van der Waals surface area (Å²) < 4.78 is 4.90. The molecule has 7 heteroatoms. The van der Waals surface area contributed by atoms with Crippen molar-refractivity contribution >= 4 is 17.7 Å². The van der Waals surface area contributed by atoms with Crippen LogP contribution in [0.4, 0.5) is 0 Å². The first-order valence-corrected chi connectivity index (χ1v) is 9.12. The van der Waals surface area contributed by atoms with Crippen LogP contribution in [-0.2, 0) is 23.6 Å². The summed E-state index contributed by atoms with van der Waals surface area (Å²) in [6.45, 7) is 6.36. The normalized spacial score (nSPS) is 11.0. The minimum atomic E-state index is 0.0105. The average molecular weight is 348 g/mol. The molecule has 1 heterocycles. The van der Waals surface area contributed by atoms with Gasteiger partial charge in [0.25, 0.3) is 0 Å². The zero-order chi connectivity index (χ0) is 17.4. The Hall–Kier alpha value is -1.86. The molecule has 1 aromatic carbocycles. The van der Waals surface area contributed by atoms with Crippen LogP contribution in [0.3, 0.4) is 0 Å². The van der Waals surface area contributed by atoms with Gasteiger partial charge >= 0.3 is 0 Å². The Morgan fingerprint density at radius 3 is 2.88 bits per heavy atom. The maximum atomic E-state index is 11.9. The van der Waals surface area contributed by atoms with Crippen molar-refractivity contribution in [2.24, 2.45) is 0 Å². The number of benzene rings is 1. The molecule has 0 spiro atoms. The lowest BCUT2D eigenvalue weighted by Crippen LogP contribution is -2.24. The standard InChI is InChI=1S/C17H24N4O2S/c1-4-21(3)10-15-7-5-6-14(8-15)9-18-17(22)12-24-11-16-19-13(2)23-20-16/h5-8H,4,9-12H2,1-3H3,(H,18,22). The van der Waals surface area contributed by atoms with Crippen LogP contribution in [0.25, 0.3) is 0 Å². The van der Waals surface area contributed by atoms with E-state index in [1.165, 1.54) is 17.3 Å². The van der Waals surface area contributed by atoms with Crippen molar-refractivity contribution in [3.63, 3.8) is 0 Å². The van der Waals surface area contributed by atoms with Crippen LogP contribution in [0.15, 0.2) is 28.8 Å². The molecule has 0 fully saturated rings. The summed E-state index contributed by atoms with van der Waals surface area (Å²) in [7, 11) is 2.09. The van der Waals surface area contributed by atoms with Crippen LogP contribution >= 0.6 is 11.8 Å². The molecule has 0 aliphatic carbocycles. The minimum Gasteiger partial charge on any atom is -0.351 e. The highest BCUT2D eigenvalue weighted by Crippen LogP contribution is 2.10. The molecule has 0 radical (unpaired) electrons. The Balaban J connectivity index is 1.72. The third-order valence-electron chi connectivity index (χ3n) is 3.51. The van der Waals surface area contributed by atoms with Gasteiger partial charge in [0.15, 0.2) is 5.82 Å². The van der Waals surface area contributed by atoms with E-state index >= 15 is 0 Å². The van der Waals surface area contributed by atoms with Crippen LogP contribution in [-0.4, -0.2) is 40.3 Å². The van der Waals surface area contributed by atoms with E-state index in [0.717, 1.165) is 18.7 Å². The Kier molecular flexibility index (Phi) is 7.27. The van der Waals surface area contributed by atoms with E-state index in [0.29, 0.717) is 29.8 Å². The summed E-state index contributed by atoms with van der Waals surface area (Å²) in [6.07, 6.45) is 0. The molecule has 0 unspecified atom stereocenters. The predicted molar refractivity (Wildman–Crippen MR) is 95.5 cm³/mol. The second-order valence-electron chi connectivity index (χ2n) is 5.65. The number of aromatic nitrogens is 2. The Morgan fingerprint density at radius 1 is 1.38 bits per heavy atom. The largest absolute Gasteiger partial charge is 0.351 e. The summed E-state index contributed by atoms with van der Waals surface area (Å²) >= 11 is 1.47. The van der Waals surface area contributed by atoms with Gasteiger partial charge in [0.2, 0.25) is 11.8 Å².